The molecule has 9 heteroatoms. The molecule has 0 atom stereocenters. The van der Waals surface area contributed by atoms with Gasteiger partial charge in [-0.3, -0.25) is 14.9 Å². The molecule has 0 fully saturated rings. The van der Waals surface area contributed by atoms with Crippen molar-refractivity contribution in [2.45, 2.75) is 6.54 Å². The summed E-state index contributed by atoms with van der Waals surface area (Å²) >= 11 is 0. The Labute approximate surface area is 159 Å². The third-order valence-corrected chi connectivity index (χ3v) is 3.80. The van der Waals surface area contributed by atoms with Gasteiger partial charge in [-0.25, -0.2) is 4.79 Å². The van der Waals surface area contributed by atoms with Crippen LogP contribution >= 0.6 is 0 Å². The second kappa shape index (κ2) is 8.67. The van der Waals surface area contributed by atoms with E-state index in [0.29, 0.717) is 11.5 Å². The van der Waals surface area contributed by atoms with Gasteiger partial charge in [0.15, 0.2) is 18.1 Å². The van der Waals surface area contributed by atoms with Gasteiger partial charge in [0, 0.05) is 18.7 Å². The van der Waals surface area contributed by atoms with Gasteiger partial charge in [-0.1, -0.05) is 18.2 Å². The van der Waals surface area contributed by atoms with E-state index in [-0.39, 0.29) is 24.6 Å². The Hall–Kier alpha value is -3.88. The Balaban J connectivity index is 1.45. The minimum absolute atomic E-state index is 0.131. The first-order chi connectivity index (χ1) is 13.5. The van der Waals surface area contributed by atoms with Crippen LogP contribution in [-0.4, -0.2) is 30.2 Å². The molecule has 0 saturated heterocycles. The third kappa shape index (κ3) is 4.85. The zero-order valence-electron chi connectivity index (χ0n) is 14.6. The predicted molar refractivity (Wildman–Crippen MR) is 97.5 cm³/mol. The molecule has 0 unspecified atom stereocenters. The first-order valence-corrected chi connectivity index (χ1v) is 8.26. The molecule has 2 aromatic carbocycles. The van der Waals surface area contributed by atoms with Gasteiger partial charge in [0.25, 0.3) is 11.6 Å². The summed E-state index contributed by atoms with van der Waals surface area (Å²) in [5.74, 6) is -0.00532. The molecule has 0 aromatic heterocycles. The molecule has 144 valence electrons. The number of fused-ring (bicyclic) bond motifs is 1. The molecule has 1 N–H and O–H groups in total. The number of nitro benzene ring substituents is 1. The standard InChI is InChI=1S/C19H16N2O7/c22-18(20-10-13-5-7-16-17(9-13)28-12-27-16)11-26-19(23)8-6-14-3-1-2-4-15(14)21(24)25/h1-9H,10-12H2,(H,20,22)/b8-6+. The van der Waals surface area contributed by atoms with Crippen LogP contribution in [0, 0.1) is 10.1 Å². The SMILES string of the molecule is O=C(COC(=O)/C=C/c1ccccc1[N+](=O)[O-])NCc1ccc2c(c1)OCO2. The van der Waals surface area contributed by atoms with E-state index in [1.165, 1.54) is 24.3 Å². The zero-order chi connectivity index (χ0) is 19.9. The summed E-state index contributed by atoms with van der Waals surface area (Å²) in [5, 5.41) is 13.5. The van der Waals surface area contributed by atoms with Crippen molar-refractivity contribution in [3.63, 3.8) is 0 Å². The first-order valence-electron chi connectivity index (χ1n) is 8.26. The predicted octanol–water partition coefficient (Wildman–Crippen LogP) is 2.20. The fraction of sp³-hybridized carbons (Fsp3) is 0.158. The van der Waals surface area contributed by atoms with Crippen LogP contribution in [0.5, 0.6) is 11.5 Å². The maximum atomic E-state index is 11.8. The van der Waals surface area contributed by atoms with E-state index in [1.807, 2.05) is 0 Å². The average Bonchev–Trinajstić information content (AvgIpc) is 3.17. The molecule has 28 heavy (non-hydrogen) atoms. The fourth-order valence-corrected chi connectivity index (χ4v) is 2.44. The van der Waals surface area contributed by atoms with E-state index >= 15 is 0 Å². The van der Waals surface area contributed by atoms with Crippen molar-refractivity contribution in [2.24, 2.45) is 0 Å². The quantitative estimate of drug-likeness (QED) is 0.336. The van der Waals surface area contributed by atoms with Crippen LogP contribution in [-0.2, 0) is 20.9 Å². The Morgan fingerprint density at radius 1 is 1.18 bits per heavy atom. The Morgan fingerprint density at radius 3 is 2.79 bits per heavy atom. The second-order valence-corrected chi connectivity index (χ2v) is 5.72. The number of nitro groups is 1. The minimum Gasteiger partial charge on any atom is -0.454 e. The number of nitrogens with one attached hydrogen (secondary N) is 1. The molecule has 1 aliphatic rings. The van der Waals surface area contributed by atoms with Crippen LogP contribution < -0.4 is 14.8 Å². The summed E-state index contributed by atoms with van der Waals surface area (Å²) in [5.41, 5.74) is 0.935. The summed E-state index contributed by atoms with van der Waals surface area (Å²) in [7, 11) is 0. The molecular weight excluding hydrogens is 368 g/mol. The Morgan fingerprint density at radius 2 is 1.96 bits per heavy atom. The van der Waals surface area contributed by atoms with Crippen molar-refractivity contribution in [1.82, 2.24) is 5.32 Å². The molecule has 0 radical (unpaired) electrons. The lowest BCUT2D eigenvalue weighted by Crippen LogP contribution is -2.28. The maximum absolute atomic E-state index is 11.8. The highest BCUT2D eigenvalue weighted by Gasteiger charge is 2.14. The number of carbonyl (C=O) groups is 2. The largest absolute Gasteiger partial charge is 0.454 e. The van der Waals surface area contributed by atoms with Crippen molar-refractivity contribution < 1.29 is 28.7 Å². The number of amides is 1. The van der Waals surface area contributed by atoms with E-state index in [9.17, 15) is 19.7 Å². The summed E-state index contributed by atoms with van der Waals surface area (Å²) in [4.78, 5) is 33.9. The molecule has 1 aliphatic heterocycles. The zero-order valence-corrected chi connectivity index (χ0v) is 14.6. The van der Waals surface area contributed by atoms with Crippen LogP contribution in [0.25, 0.3) is 6.08 Å². The van der Waals surface area contributed by atoms with Crippen LogP contribution in [0.4, 0.5) is 5.69 Å². The normalized spacial score (nSPS) is 12.0. The number of carbonyl (C=O) groups excluding carboxylic acids is 2. The van der Waals surface area contributed by atoms with Crippen molar-refractivity contribution in [1.29, 1.82) is 0 Å². The lowest BCUT2D eigenvalue weighted by atomic mass is 10.1. The molecule has 3 rings (SSSR count). The highest BCUT2D eigenvalue weighted by molar-refractivity contribution is 5.89. The van der Waals surface area contributed by atoms with Gasteiger partial charge in [-0.05, 0) is 29.8 Å². The van der Waals surface area contributed by atoms with Gasteiger partial charge < -0.3 is 19.5 Å². The summed E-state index contributed by atoms with van der Waals surface area (Å²) < 4.78 is 15.3. The number of nitrogens with zero attached hydrogens (tertiary/aromatic N) is 1. The first kappa shape index (κ1) is 18.9. The maximum Gasteiger partial charge on any atom is 0.331 e. The lowest BCUT2D eigenvalue weighted by Gasteiger charge is -2.06. The Bertz CT molecular complexity index is 940. The van der Waals surface area contributed by atoms with E-state index in [1.54, 1.807) is 24.3 Å². The van der Waals surface area contributed by atoms with Gasteiger partial charge >= 0.3 is 5.97 Å². The molecular formula is C19H16N2O7. The van der Waals surface area contributed by atoms with E-state index in [2.05, 4.69) is 5.32 Å². The molecule has 0 aliphatic carbocycles. The summed E-state index contributed by atoms with van der Waals surface area (Å²) in [6.07, 6.45) is 2.30. The van der Waals surface area contributed by atoms with Crippen LogP contribution in [0.3, 0.4) is 0 Å². The van der Waals surface area contributed by atoms with Gasteiger partial charge in [0.2, 0.25) is 6.79 Å². The summed E-state index contributed by atoms with van der Waals surface area (Å²) in [6.45, 7) is -0.0650. The van der Waals surface area contributed by atoms with Gasteiger partial charge in [0.05, 0.1) is 10.5 Å². The van der Waals surface area contributed by atoms with E-state index in [4.69, 9.17) is 14.2 Å². The molecule has 0 saturated carbocycles. The number of ether oxygens (including phenoxy) is 3. The Kier molecular flexibility index (Phi) is 5.85. The lowest BCUT2D eigenvalue weighted by molar-refractivity contribution is -0.385. The number of hydrogen-bond acceptors (Lipinski definition) is 7. The number of para-hydroxylation sites is 1. The highest BCUT2D eigenvalue weighted by atomic mass is 16.7. The smallest absolute Gasteiger partial charge is 0.331 e. The highest BCUT2D eigenvalue weighted by Crippen LogP contribution is 2.32. The van der Waals surface area contributed by atoms with E-state index in [0.717, 1.165) is 11.6 Å². The molecule has 1 heterocycles. The van der Waals surface area contributed by atoms with Gasteiger partial charge in [-0.15, -0.1) is 0 Å². The molecule has 1 amide bonds. The van der Waals surface area contributed by atoms with Crippen LogP contribution in [0.15, 0.2) is 48.5 Å². The second-order valence-electron chi connectivity index (χ2n) is 5.72. The number of hydrogen-bond donors (Lipinski definition) is 1. The van der Waals surface area contributed by atoms with Crippen molar-refractivity contribution in [2.75, 3.05) is 13.4 Å². The molecule has 0 spiro atoms. The van der Waals surface area contributed by atoms with Crippen LogP contribution in [0.2, 0.25) is 0 Å². The number of esters is 1. The van der Waals surface area contributed by atoms with Gasteiger partial charge in [0.1, 0.15) is 0 Å². The molecule has 0 bridgehead atoms. The third-order valence-electron chi connectivity index (χ3n) is 3.80. The minimum atomic E-state index is -0.781. The molecule has 9 nitrogen and oxygen atoms in total. The monoisotopic (exact) mass is 384 g/mol. The van der Waals surface area contributed by atoms with Gasteiger partial charge in [-0.2, -0.15) is 0 Å². The molecule has 2 aromatic rings. The average molecular weight is 384 g/mol. The number of benzene rings is 2. The van der Waals surface area contributed by atoms with Crippen molar-refractivity contribution >= 4 is 23.6 Å². The topological polar surface area (TPSA) is 117 Å². The fourth-order valence-electron chi connectivity index (χ4n) is 2.44. The van der Waals surface area contributed by atoms with Crippen LogP contribution in [0.1, 0.15) is 11.1 Å². The van der Waals surface area contributed by atoms with E-state index < -0.39 is 23.4 Å². The number of rotatable bonds is 7. The van der Waals surface area contributed by atoms with Crippen molar-refractivity contribution in [3.8, 4) is 11.5 Å². The summed E-state index contributed by atoms with van der Waals surface area (Å²) in [6, 6.07) is 11.3. The van der Waals surface area contributed by atoms with Crippen molar-refractivity contribution in [3.05, 3.63) is 69.8 Å².